The lowest BCUT2D eigenvalue weighted by atomic mass is 10.1. The van der Waals surface area contributed by atoms with Crippen LogP contribution in [0.25, 0.3) is 0 Å². The SMILES string of the molecule is CNc1c(C(=O)NCCOC)cccc1C(F)(F)F. The lowest BCUT2D eigenvalue weighted by Crippen LogP contribution is -2.28. The zero-order chi connectivity index (χ0) is 14.5. The largest absolute Gasteiger partial charge is 0.418 e. The standard InChI is InChI=1S/C12H15F3N2O2/c1-16-10-8(11(18)17-6-7-19-2)4-3-5-9(10)12(13,14)15/h3-5,16H,6-7H2,1-2H3,(H,17,18). The quantitative estimate of drug-likeness (QED) is 0.810. The second-order valence-corrected chi connectivity index (χ2v) is 3.72. The van der Waals surface area contributed by atoms with Crippen molar-refractivity contribution in [3.63, 3.8) is 0 Å². The topological polar surface area (TPSA) is 50.4 Å². The summed E-state index contributed by atoms with van der Waals surface area (Å²) >= 11 is 0. The molecule has 0 fully saturated rings. The van der Waals surface area contributed by atoms with Crippen LogP contribution in [-0.4, -0.2) is 33.2 Å². The van der Waals surface area contributed by atoms with Crippen LogP contribution >= 0.6 is 0 Å². The van der Waals surface area contributed by atoms with Crippen molar-refractivity contribution < 1.29 is 22.7 Å². The van der Waals surface area contributed by atoms with Crippen LogP contribution < -0.4 is 10.6 Å². The van der Waals surface area contributed by atoms with Crippen molar-refractivity contribution in [2.24, 2.45) is 0 Å². The summed E-state index contributed by atoms with van der Waals surface area (Å²) < 4.78 is 43.1. The van der Waals surface area contributed by atoms with Gasteiger partial charge in [0.25, 0.3) is 5.91 Å². The molecular formula is C12H15F3N2O2. The van der Waals surface area contributed by atoms with Crippen molar-refractivity contribution in [3.8, 4) is 0 Å². The van der Waals surface area contributed by atoms with E-state index in [1.807, 2.05) is 0 Å². The second kappa shape index (κ2) is 6.42. The van der Waals surface area contributed by atoms with Gasteiger partial charge >= 0.3 is 6.18 Å². The summed E-state index contributed by atoms with van der Waals surface area (Å²) in [7, 11) is 2.81. The molecule has 19 heavy (non-hydrogen) atoms. The van der Waals surface area contributed by atoms with Gasteiger partial charge in [-0.05, 0) is 12.1 Å². The fourth-order valence-corrected chi connectivity index (χ4v) is 1.61. The van der Waals surface area contributed by atoms with Gasteiger partial charge in [-0.25, -0.2) is 0 Å². The van der Waals surface area contributed by atoms with Gasteiger partial charge in [-0.3, -0.25) is 4.79 Å². The fourth-order valence-electron chi connectivity index (χ4n) is 1.61. The molecule has 2 N–H and O–H groups in total. The Kier molecular flexibility index (Phi) is 5.17. The predicted molar refractivity (Wildman–Crippen MR) is 65.2 cm³/mol. The number of hydrogen-bond donors (Lipinski definition) is 2. The van der Waals surface area contributed by atoms with E-state index in [9.17, 15) is 18.0 Å². The number of ether oxygens (including phenoxy) is 1. The smallest absolute Gasteiger partial charge is 0.387 e. The van der Waals surface area contributed by atoms with Crippen LogP contribution in [0.2, 0.25) is 0 Å². The van der Waals surface area contributed by atoms with E-state index in [2.05, 4.69) is 10.6 Å². The zero-order valence-corrected chi connectivity index (χ0v) is 10.6. The number of halogens is 3. The van der Waals surface area contributed by atoms with Gasteiger partial charge in [0.15, 0.2) is 0 Å². The maximum absolute atomic E-state index is 12.8. The van der Waals surface area contributed by atoms with Gasteiger partial charge in [0.2, 0.25) is 0 Å². The molecule has 0 aliphatic rings. The monoisotopic (exact) mass is 276 g/mol. The molecule has 7 heteroatoms. The van der Waals surface area contributed by atoms with E-state index in [1.165, 1.54) is 26.3 Å². The van der Waals surface area contributed by atoms with Crippen LogP contribution in [0.3, 0.4) is 0 Å². The van der Waals surface area contributed by atoms with Crippen LogP contribution in [0.1, 0.15) is 15.9 Å². The number of benzene rings is 1. The maximum atomic E-state index is 12.8. The number of amides is 1. The van der Waals surface area contributed by atoms with Crippen molar-refractivity contribution in [2.75, 3.05) is 32.6 Å². The third-order valence-electron chi connectivity index (χ3n) is 2.46. The van der Waals surface area contributed by atoms with Gasteiger partial charge < -0.3 is 15.4 Å². The summed E-state index contributed by atoms with van der Waals surface area (Å²) in [6.45, 7) is 0.522. The molecule has 1 rings (SSSR count). The second-order valence-electron chi connectivity index (χ2n) is 3.72. The van der Waals surface area contributed by atoms with Crippen LogP contribution in [0.15, 0.2) is 18.2 Å². The normalized spacial score (nSPS) is 11.2. The molecule has 0 saturated heterocycles. The molecular weight excluding hydrogens is 261 g/mol. The molecule has 1 aromatic rings. The Labute approximate surface area is 108 Å². The van der Waals surface area contributed by atoms with Crippen molar-refractivity contribution in [2.45, 2.75) is 6.18 Å². The first-order chi connectivity index (χ1) is 8.91. The minimum absolute atomic E-state index is 0.0478. The lowest BCUT2D eigenvalue weighted by Gasteiger charge is -2.16. The number of carbonyl (C=O) groups excluding carboxylic acids is 1. The number of rotatable bonds is 5. The van der Waals surface area contributed by atoms with Gasteiger partial charge in [-0.2, -0.15) is 13.2 Å². The van der Waals surface area contributed by atoms with E-state index in [-0.39, 0.29) is 17.8 Å². The molecule has 0 spiro atoms. The van der Waals surface area contributed by atoms with Gasteiger partial charge in [-0.1, -0.05) is 6.07 Å². The summed E-state index contributed by atoms with van der Waals surface area (Å²) in [4.78, 5) is 11.8. The third kappa shape index (κ3) is 3.85. The molecule has 106 valence electrons. The lowest BCUT2D eigenvalue weighted by molar-refractivity contribution is -0.136. The Hall–Kier alpha value is -1.76. The van der Waals surface area contributed by atoms with Crippen molar-refractivity contribution in [3.05, 3.63) is 29.3 Å². The van der Waals surface area contributed by atoms with Gasteiger partial charge in [-0.15, -0.1) is 0 Å². The van der Waals surface area contributed by atoms with Crippen LogP contribution in [0.4, 0.5) is 18.9 Å². The highest BCUT2D eigenvalue weighted by Crippen LogP contribution is 2.36. The molecule has 0 aromatic heterocycles. The van der Waals surface area contributed by atoms with Crippen LogP contribution in [0.5, 0.6) is 0 Å². The number of alkyl halides is 3. The molecule has 0 aliphatic carbocycles. The highest BCUT2D eigenvalue weighted by Gasteiger charge is 2.34. The van der Waals surface area contributed by atoms with E-state index in [0.717, 1.165) is 6.07 Å². The van der Waals surface area contributed by atoms with Crippen LogP contribution in [0, 0.1) is 0 Å². The minimum Gasteiger partial charge on any atom is -0.387 e. The van der Waals surface area contributed by atoms with Gasteiger partial charge in [0.1, 0.15) is 0 Å². The third-order valence-corrected chi connectivity index (χ3v) is 2.46. The number of para-hydroxylation sites is 1. The molecule has 0 heterocycles. The molecule has 4 nitrogen and oxygen atoms in total. The number of carbonyl (C=O) groups is 1. The molecule has 0 saturated carbocycles. The summed E-state index contributed by atoms with van der Waals surface area (Å²) in [5.41, 5.74) is -1.15. The first-order valence-corrected chi connectivity index (χ1v) is 5.57. The van der Waals surface area contributed by atoms with Gasteiger partial charge in [0.05, 0.1) is 23.4 Å². The zero-order valence-electron chi connectivity index (χ0n) is 10.6. The van der Waals surface area contributed by atoms with E-state index < -0.39 is 17.6 Å². The number of methoxy groups -OCH3 is 1. The maximum Gasteiger partial charge on any atom is 0.418 e. The number of hydrogen-bond acceptors (Lipinski definition) is 3. The minimum atomic E-state index is -4.51. The molecule has 0 unspecified atom stereocenters. The first kappa shape index (κ1) is 15.3. The van der Waals surface area contributed by atoms with Crippen molar-refractivity contribution in [1.82, 2.24) is 5.32 Å². The van der Waals surface area contributed by atoms with E-state index in [0.29, 0.717) is 6.61 Å². The predicted octanol–water partition coefficient (Wildman–Crippen LogP) is 2.12. The van der Waals surface area contributed by atoms with E-state index in [4.69, 9.17) is 4.74 Å². The Bertz CT molecular complexity index is 447. The van der Waals surface area contributed by atoms with Crippen LogP contribution in [-0.2, 0) is 10.9 Å². The summed E-state index contributed by atoms with van der Waals surface area (Å²) in [5.74, 6) is -0.576. The molecule has 0 atom stereocenters. The molecule has 1 amide bonds. The van der Waals surface area contributed by atoms with E-state index >= 15 is 0 Å². The number of anilines is 1. The van der Waals surface area contributed by atoms with Crippen molar-refractivity contribution in [1.29, 1.82) is 0 Å². The highest BCUT2D eigenvalue weighted by atomic mass is 19.4. The fraction of sp³-hybridized carbons (Fsp3) is 0.417. The van der Waals surface area contributed by atoms with E-state index in [1.54, 1.807) is 0 Å². The molecule has 1 aromatic carbocycles. The van der Waals surface area contributed by atoms with Crippen molar-refractivity contribution >= 4 is 11.6 Å². The summed E-state index contributed by atoms with van der Waals surface area (Å²) in [5, 5.41) is 4.91. The first-order valence-electron chi connectivity index (χ1n) is 5.57. The Morgan fingerprint density at radius 2 is 2.05 bits per heavy atom. The summed E-state index contributed by atoms with van der Waals surface area (Å²) in [6, 6.07) is 3.47. The van der Waals surface area contributed by atoms with Gasteiger partial charge in [0, 0.05) is 20.7 Å². The molecule has 0 aliphatic heterocycles. The Morgan fingerprint density at radius 3 is 2.58 bits per heavy atom. The average molecular weight is 276 g/mol. The average Bonchev–Trinajstić information content (AvgIpc) is 2.36. The molecule has 0 radical (unpaired) electrons. The molecule has 0 bridgehead atoms. The number of nitrogens with one attached hydrogen (secondary N) is 2. The Balaban J connectivity index is 3.04. The Morgan fingerprint density at radius 1 is 1.37 bits per heavy atom. The highest BCUT2D eigenvalue weighted by molar-refractivity contribution is 6.00. The summed E-state index contributed by atoms with van der Waals surface area (Å²) in [6.07, 6.45) is -4.51.